The SMILES string of the molecule is CC.COC1=CC=CCC=C1c1c[nH]c2ncc(-c3ccc(NC(=O)Nc4ccon4)c(C(O)N(C)C)c3)cc12. The molecule has 0 saturated heterocycles. The Hall–Kier alpha value is -4.67. The van der Waals surface area contributed by atoms with Gasteiger partial charge in [-0.2, -0.15) is 0 Å². The molecule has 10 nitrogen and oxygen atoms in total. The van der Waals surface area contributed by atoms with E-state index in [0.717, 1.165) is 45.5 Å². The fourth-order valence-corrected chi connectivity index (χ4v) is 4.31. The van der Waals surface area contributed by atoms with Gasteiger partial charge >= 0.3 is 6.03 Å². The average Bonchev–Trinajstić information content (AvgIpc) is 3.57. The average molecular weight is 543 g/mol. The zero-order chi connectivity index (χ0) is 28.6. The number of carbonyl (C=O) groups excluding carboxylic acids is 1. The van der Waals surface area contributed by atoms with Gasteiger partial charge in [0, 0.05) is 51.8 Å². The van der Waals surface area contributed by atoms with E-state index in [9.17, 15) is 9.90 Å². The molecule has 0 fully saturated rings. The number of nitrogens with zero attached hydrogens (tertiary/aromatic N) is 3. The normalized spacial score (nSPS) is 13.6. The minimum atomic E-state index is -0.963. The molecule has 1 unspecified atom stereocenters. The van der Waals surface area contributed by atoms with E-state index in [2.05, 4.69) is 44.0 Å². The highest BCUT2D eigenvalue weighted by Gasteiger charge is 2.19. The number of aliphatic hydroxyl groups is 1. The summed E-state index contributed by atoms with van der Waals surface area (Å²) in [4.78, 5) is 22.1. The summed E-state index contributed by atoms with van der Waals surface area (Å²) in [6, 6.07) is 8.57. The first-order chi connectivity index (χ1) is 19.4. The molecule has 0 bridgehead atoms. The maximum atomic E-state index is 12.5. The minimum Gasteiger partial charge on any atom is -0.496 e. The van der Waals surface area contributed by atoms with E-state index in [1.165, 1.54) is 12.3 Å². The molecule has 1 aliphatic rings. The molecule has 1 aromatic carbocycles. The number of anilines is 2. The number of urea groups is 1. The number of nitrogens with one attached hydrogen (secondary N) is 3. The number of ether oxygens (including phenoxy) is 1. The van der Waals surface area contributed by atoms with Gasteiger partial charge in [-0.1, -0.05) is 43.3 Å². The maximum absolute atomic E-state index is 12.5. The molecule has 3 heterocycles. The van der Waals surface area contributed by atoms with Crippen molar-refractivity contribution in [2.24, 2.45) is 0 Å². The van der Waals surface area contributed by atoms with Gasteiger partial charge in [-0.15, -0.1) is 0 Å². The number of aliphatic hydroxyl groups excluding tert-OH is 1. The van der Waals surface area contributed by atoms with Crippen molar-refractivity contribution in [2.75, 3.05) is 31.8 Å². The van der Waals surface area contributed by atoms with Crippen molar-refractivity contribution in [1.82, 2.24) is 20.0 Å². The standard InChI is InChI=1S/C28H28N6O4.C2H6/c1-34(2)27(35)21-13-17(9-10-23(21)31-28(36)32-25-11-12-38-33-25)18-14-20-22(16-30-26(20)29-15-18)19-7-5-4-6-8-24(19)37-3;1-2/h4,6-16,27,35H,5H2,1-3H3,(H,29,30)(H2,31,32,33,36);1-2H3. The molecule has 5 rings (SSSR count). The van der Waals surface area contributed by atoms with Gasteiger partial charge in [-0.3, -0.25) is 10.2 Å². The third-order valence-electron chi connectivity index (χ3n) is 6.23. The van der Waals surface area contributed by atoms with E-state index in [4.69, 9.17) is 9.26 Å². The lowest BCUT2D eigenvalue weighted by Gasteiger charge is -2.22. The first-order valence-electron chi connectivity index (χ1n) is 13.0. The van der Waals surface area contributed by atoms with E-state index in [1.54, 1.807) is 38.4 Å². The molecule has 208 valence electrons. The van der Waals surface area contributed by atoms with Crippen LogP contribution < -0.4 is 10.6 Å². The van der Waals surface area contributed by atoms with Crippen molar-refractivity contribution in [2.45, 2.75) is 26.5 Å². The van der Waals surface area contributed by atoms with Crippen molar-refractivity contribution in [1.29, 1.82) is 0 Å². The summed E-state index contributed by atoms with van der Waals surface area (Å²) in [5.41, 5.74) is 5.42. The van der Waals surface area contributed by atoms with Gasteiger partial charge in [0.2, 0.25) is 0 Å². The first kappa shape index (κ1) is 28.3. The second kappa shape index (κ2) is 12.9. The fourth-order valence-electron chi connectivity index (χ4n) is 4.31. The van der Waals surface area contributed by atoms with Crippen molar-refractivity contribution in [3.05, 3.63) is 90.2 Å². The fraction of sp³-hybridized carbons (Fsp3) is 0.233. The molecule has 0 saturated carbocycles. The Morgan fingerprint density at radius 1 is 1.18 bits per heavy atom. The molecule has 1 aliphatic carbocycles. The van der Waals surface area contributed by atoms with Crippen LogP contribution in [0.4, 0.5) is 16.3 Å². The Bertz CT molecular complexity index is 1550. The Kier molecular flexibility index (Phi) is 9.15. The molecule has 4 N–H and O–H groups in total. The highest BCUT2D eigenvalue weighted by atomic mass is 16.5. The van der Waals surface area contributed by atoms with Crippen LogP contribution in [-0.4, -0.2) is 52.4 Å². The van der Waals surface area contributed by atoms with Crippen molar-refractivity contribution < 1.29 is 19.2 Å². The third-order valence-corrected chi connectivity index (χ3v) is 6.23. The Balaban J connectivity index is 0.00000181. The van der Waals surface area contributed by atoms with Crippen LogP contribution in [0.25, 0.3) is 27.7 Å². The van der Waals surface area contributed by atoms with Crippen molar-refractivity contribution in [3.63, 3.8) is 0 Å². The van der Waals surface area contributed by atoms with Crippen LogP contribution in [0.15, 0.2) is 83.6 Å². The lowest BCUT2D eigenvalue weighted by atomic mass is 9.98. The summed E-state index contributed by atoms with van der Waals surface area (Å²) in [6.07, 6.45) is 13.1. The number of H-pyrrole nitrogens is 1. The van der Waals surface area contributed by atoms with Crippen LogP contribution in [0.2, 0.25) is 0 Å². The predicted octanol–water partition coefficient (Wildman–Crippen LogP) is 6.31. The molecule has 4 aromatic rings. The van der Waals surface area contributed by atoms with Gasteiger partial charge in [0.25, 0.3) is 0 Å². The number of amides is 2. The Labute approximate surface area is 233 Å². The molecule has 1 atom stereocenters. The molecule has 10 heteroatoms. The lowest BCUT2D eigenvalue weighted by molar-refractivity contribution is 0.0402. The van der Waals surface area contributed by atoms with Crippen LogP contribution in [0.1, 0.15) is 37.6 Å². The number of pyridine rings is 1. The van der Waals surface area contributed by atoms with E-state index >= 15 is 0 Å². The smallest absolute Gasteiger partial charge is 0.324 e. The second-order valence-electron chi connectivity index (χ2n) is 8.94. The summed E-state index contributed by atoms with van der Waals surface area (Å²) >= 11 is 0. The highest BCUT2D eigenvalue weighted by molar-refractivity contribution is 6.00. The number of aromatic nitrogens is 3. The third kappa shape index (κ3) is 6.14. The van der Waals surface area contributed by atoms with Crippen LogP contribution in [0.3, 0.4) is 0 Å². The van der Waals surface area contributed by atoms with Crippen LogP contribution in [0, 0.1) is 0 Å². The van der Waals surface area contributed by atoms with Gasteiger partial charge in [-0.05, 0) is 50.4 Å². The van der Waals surface area contributed by atoms with Gasteiger partial charge in [0.05, 0.1) is 7.11 Å². The maximum Gasteiger partial charge on any atom is 0.324 e. The zero-order valence-corrected chi connectivity index (χ0v) is 23.2. The molecular formula is C30H34N6O4. The second-order valence-corrected chi connectivity index (χ2v) is 8.94. The monoisotopic (exact) mass is 542 g/mol. The number of allylic oxidation sites excluding steroid dienone is 5. The largest absolute Gasteiger partial charge is 0.496 e. The number of benzene rings is 1. The topological polar surface area (TPSA) is 129 Å². The molecule has 40 heavy (non-hydrogen) atoms. The number of aromatic amines is 1. The van der Waals surface area contributed by atoms with Gasteiger partial charge in [0.1, 0.15) is 23.9 Å². The number of methoxy groups -OCH3 is 1. The highest BCUT2D eigenvalue weighted by Crippen LogP contribution is 2.35. The minimum absolute atomic E-state index is 0.279. The van der Waals surface area contributed by atoms with Crippen molar-refractivity contribution in [3.8, 4) is 11.1 Å². The zero-order valence-electron chi connectivity index (χ0n) is 23.2. The Morgan fingerprint density at radius 3 is 2.73 bits per heavy atom. The summed E-state index contributed by atoms with van der Waals surface area (Å²) < 4.78 is 10.4. The molecule has 2 amide bonds. The van der Waals surface area contributed by atoms with E-state index in [1.807, 2.05) is 44.3 Å². The predicted molar refractivity (Wildman–Crippen MR) is 157 cm³/mol. The van der Waals surface area contributed by atoms with Crippen LogP contribution >= 0.6 is 0 Å². The van der Waals surface area contributed by atoms with Crippen molar-refractivity contribution >= 4 is 34.1 Å². The number of carbonyl (C=O) groups is 1. The van der Waals surface area contributed by atoms with Gasteiger partial charge in [0.15, 0.2) is 5.82 Å². The number of hydrogen-bond acceptors (Lipinski definition) is 7. The van der Waals surface area contributed by atoms with Crippen LogP contribution in [-0.2, 0) is 4.74 Å². The number of hydrogen-bond donors (Lipinski definition) is 4. The summed E-state index contributed by atoms with van der Waals surface area (Å²) in [6.45, 7) is 4.00. The number of rotatable bonds is 7. The molecule has 3 aromatic heterocycles. The lowest BCUT2D eigenvalue weighted by Crippen LogP contribution is -2.24. The van der Waals surface area contributed by atoms with Gasteiger partial charge in [-0.25, -0.2) is 9.78 Å². The summed E-state index contributed by atoms with van der Waals surface area (Å²) in [5, 5.41) is 20.9. The van der Waals surface area contributed by atoms with Crippen LogP contribution in [0.5, 0.6) is 0 Å². The van der Waals surface area contributed by atoms with E-state index in [0.29, 0.717) is 11.3 Å². The molecule has 0 radical (unpaired) electrons. The summed E-state index contributed by atoms with van der Waals surface area (Å²) in [7, 11) is 5.18. The van der Waals surface area contributed by atoms with E-state index in [-0.39, 0.29) is 5.82 Å². The summed E-state index contributed by atoms with van der Waals surface area (Å²) in [5.74, 6) is 1.06. The number of fused-ring (bicyclic) bond motifs is 1. The molecule has 0 spiro atoms. The Morgan fingerprint density at radius 2 is 2.00 bits per heavy atom. The first-order valence-corrected chi connectivity index (χ1v) is 13.0. The molecule has 0 aliphatic heterocycles. The van der Waals surface area contributed by atoms with E-state index < -0.39 is 12.3 Å². The quantitative estimate of drug-likeness (QED) is 0.201. The molecular weight excluding hydrogens is 508 g/mol. The van der Waals surface area contributed by atoms with Gasteiger partial charge < -0.3 is 24.7 Å².